The Morgan fingerprint density at radius 2 is 0.971 bits per heavy atom. The third-order valence-corrected chi connectivity index (χ3v) is 9.89. The number of amidine groups is 1. The molecule has 0 fully saturated rings. The molecule has 0 saturated heterocycles. The van der Waals surface area contributed by atoms with E-state index in [0.717, 1.165) is 34.3 Å². The van der Waals surface area contributed by atoms with Gasteiger partial charge in [-0.3, -0.25) is 48.5 Å². The minimum Gasteiger partial charge on any atom is -0.744 e. The number of imide groups is 2. The van der Waals surface area contributed by atoms with Crippen LogP contribution in [0.25, 0.3) is 0 Å². The maximum Gasteiger partial charge on any atom is 1.00 e. The van der Waals surface area contributed by atoms with Gasteiger partial charge in [0.1, 0.15) is 10.1 Å². The predicted molar refractivity (Wildman–Crippen MR) is 245 cm³/mol. The third-order valence-electron chi connectivity index (χ3n) is 9.04. The smallest absolute Gasteiger partial charge is 0.744 e. The molecule has 6 rings (SSSR count). The Labute approximate surface area is 424 Å². The number of nitrogens with zero attached hydrogens (tertiary/aromatic N) is 4. The SMILES string of the molecule is C=C1C=CC(=O)N1.C=C1C=CC(=O)N1c1ccc(S(=O)(=O)[O-])cc1.CC1=NCC(C)N1.O=C1C=CC(=O)N1CCOCCOCCOCCOCCOCCOCCOCCN1C(=O)C=CC1=O.[Na+]. The van der Waals surface area contributed by atoms with Crippen LogP contribution >= 0.6 is 0 Å². The molecule has 0 saturated carbocycles. The van der Waals surface area contributed by atoms with Crippen molar-refractivity contribution in [1.29, 1.82) is 0 Å². The molecular formula is C45H59N6NaO16S. The predicted octanol–water partition coefficient (Wildman–Crippen LogP) is -2.45. The average molecular weight is 995 g/mol. The first kappa shape index (κ1) is 60.1. The van der Waals surface area contributed by atoms with Crippen LogP contribution in [-0.2, 0) is 72.0 Å². The Balaban J connectivity index is 0.000000411. The zero-order chi connectivity index (χ0) is 49.7. The molecule has 5 heterocycles. The number of hydrogen-bond donors (Lipinski definition) is 2. The van der Waals surface area contributed by atoms with E-state index in [1.807, 2.05) is 6.92 Å². The van der Waals surface area contributed by atoms with E-state index in [1.165, 1.54) is 53.5 Å². The van der Waals surface area contributed by atoms with Crippen LogP contribution in [0.3, 0.4) is 0 Å². The van der Waals surface area contributed by atoms with Gasteiger partial charge in [-0.2, -0.15) is 0 Å². The van der Waals surface area contributed by atoms with E-state index in [4.69, 9.17) is 33.2 Å². The standard InChI is InChI=1S/C24H36N2O11.C11H9NO4S.C5H10N2.C5H5NO.Na/c27-21-1-2-22(28)25(21)5-7-31-9-11-33-13-15-35-17-19-37-20-18-36-16-14-34-12-10-32-8-6-26-23(29)3-4-24(26)30;1-8-2-7-11(13)12(8)9-3-5-10(6-4-9)17(14,15)16;1-4-3-6-5(2)7-4;1-4-2-3-5(7)6-4;/h1-4H,5-20H2;2-7H,1H2,(H,14,15,16);4H,3H2,1-2H3,(H,6,7);2-3H,1H2,(H,6,7);/q;;;;+1/p-1. The molecule has 5 aliphatic heterocycles. The molecule has 69 heavy (non-hydrogen) atoms. The summed E-state index contributed by atoms with van der Waals surface area (Å²) in [5.74, 6) is -0.511. The number of carbonyl (C=O) groups excluding carboxylic acids is 6. The monoisotopic (exact) mass is 994 g/mol. The molecule has 1 aromatic carbocycles. The minimum atomic E-state index is -4.46. The molecule has 2 N–H and O–H groups in total. The zero-order valence-corrected chi connectivity index (χ0v) is 42.0. The van der Waals surface area contributed by atoms with E-state index in [9.17, 15) is 41.7 Å². The topological polar surface area (TPSA) is 270 Å². The fraction of sp³-hybridized carbons (Fsp3) is 0.444. The summed E-state index contributed by atoms with van der Waals surface area (Å²) < 4.78 is 69.8. The minimum absolute atomic E-state index is 0. The van der Waals surface area contributed by atoms with E-state index in [0.29, 0.717) is 102 Å². The van der Waals surface area contributed by atoms with E-state index < -0.39 is 10.1 Å². The number of ether oxygens (including phenoxy) is 7. The van der Waals surface area contributed by atoms with Crippen molar-refractivity contribution < 1.29 is 104 Å². The van der Waals surface area contributed by atoms with Crippen LogP contribution in [-0.4, -0.2) is 182 Å². The van der Waals surface area contributed by atoms with Crippen molar-refractivity contribution in [3.05, 3.63) is 97.4 Å². The molecule has 5 aliphatic rings. The number of carbonyl (C=O) groups is 6. The van der Waals surface area contributed by atoms with Crippen LogP contribution in [0.15, 0.2) is 107 Å². The van der Waals surface area contributed by atoms with Crippen molar-refractivity contribution in [2.45, 2.75) is 24.8 Å². The molecule has 22 nitrogen and oxygen atoms in total. The quantitative estimate of drug-likeness (QED) is 0.0422. The van der Waals surface area contributed by atoms with Crippen molar-refractivity contribution in [3.8, 4) is 0 Å². The van der Waals surface area contributed by atoms with Gasteiger partial charge in [0.2, 0.25) is 5.91 Å². The van der Waals surface area contributed by atoms with Gasteiger partial charge >= 0.3 is 29.6 Å². The zero-order valence-electron chi connectivity index (χ0n) is 39.2. The van der Waals surface area contributed by atoms with Crippen LogP contribution in [0.1, 0.15) is 13.8 Å². The summed E-state index contributed by atoms with van der Waals surface area (Å²) >= 11 is 0. The van der Waals surface area contributed by atoms with Crippen molar-refractivity contribution in [2.75, 3.05) is 117 Å². The Morgan fingerprint density at radius 3 is 1.22 bits per heavy atom. The van der Waals surface area contributed by atoms with Gasteiger partial charge in [-0.1, -0.05) is 13.2 Å². The summed E-state index contributed by atoms with van der Waals surface area (Å²) in [6, 6.07) is 5.68. The maximum atomic E-state index is 11.5. The molecule has 1 aromatic rings. The first-order valence-electron chi connectivity index (χ1n) is 21.4. The van der Waals surface area contributed by atoms with Gasteiger partial charge < -0.3 is 48.3 Å². The number of hydrogen-bond acceptors (Lipinski definition) is 18. The number of rotatable bonds is 26. The first-order valence-corrected chi connectivity index (χ1v) is 22.8. The summed E-state index contributed by atoms with van der Waals surface area (Å²) in [7, 11) is -4.46. The Kier molecular flexibility index (Phi) is 29.2. The first-order chi connectivity index (χ1) is 32.6. The van der Waals surface area contributed by atoms with Gasteiger partial charge in [-0.15, -0.1) is 0 Å². The summed E-state index contributed by atoms with van der Waals surface area (Å²) in [6.45, 7) is 18.3. The van der Waals surface area contributed by atoms with Gasteiger partial charge in [0, 0.05) is 59.6 Å². The van der Waals surface area contributed by atoms with Crippen LogP contribution in [0, 0.1) is 0 Å². The third kappa shape index (κ3) is 24.4. The van der Waals surface area contributed by atoms with Gasteiger partial charge in [0.05, 0.1) is 123 Å². The van der Waals surface area contributed by atoms with Crippen LogP contribution in [0.5, 0.6) is 0 Å². The molecule has 0 bridgehead atoms. The second-order valence-corrected chi connectivity index (χ2v) is 15.8. The van der Waals surface area contributed by atoms with E-state index in [2.05, 4.69) is 35.7 Å². The fourth-order valence-electron chi connectivity index (χ4n) is 5.69. The molecule has 0 aromatic heterocycles. The van der Waals surface area contributed by atoms with Crippen molar-refractivity contribution in [3.63, 3.8) is 0 Å². The van der Waals surface area contributed by atoms with Crippen LogP contribution in [0.2, 0.25) is 0 Å². The van der Waals surface area contributed by atoms with Crippen molar-refractivity contribution in [2.24, 2.45) is 4.99 Å². The van der Waals surface area contributed by atoms with Crippen molar-refractivity contribution >= 4 is 57.1 Å². The normalized spacial score (nSPS) is 16.8. The molecule has 1 unspecified atom stereocenters. The van der Waals surface area contributed by atoms with E-state index in [1.54, 1.807) is 12.2 Å². The average Bonchev–Trinajstić information content (AvgIpc) is 4.12. The Bertz CT molecular complexity index is 2030. The second-order valence-electron chi connectivity index (χ2n) is 14.4. The number of anilines is 1. The van der Waals surface area contributed by atoms with Gasteiger partial charge in [0.15, 0.2) is 0 Å². The molecule has 0 radical (unpaired) electrons. The van der Waals surface area contributed by atoms with Crippen LogP contribution < -0.4 is 45.1 Å². The number of amides is 6. The molecule has 6 amide bonds. The summed E-state index contributed by atoms with van der Waals surface area (Å²) in [5, 5.41) is 5.64. The number of benzene rings is 1. The van der Waals surface area contributed by atoms with Gasteiger partial charge in [-0.05, 0) is 50.3 Å². The molecule has 0 aliphatic carbocycles. The number of nitrogens with one attached hydrogen (secondary N) is 2. The summed E-state index contributed by atoms with van der Waals surface area (Å²) in [4.78, 5) is 74.5. The van der Waals surface area contributed by atoms with Gasteiger partial charge in [0.25, 0.3) is 29.5 Å². The molecule has 24 heteroatoms. The summed E-state index contributed by atoms with van der Waals surface area (Å²) in [5.41, 5.74) is 1.63. The van der Waals surface area contributed by atoms with Gasteiger partial charge in [-0.25, -0.2) is 8.42 Å². The van der Waals surface area contributed by atoms with E-state index in [-0.39, 0.29) is 96.2 Å². The Morgan fingerprint density at radius 1 is 0.594 bits per heavy atom. The molecular weight excluding hydrogens is 936 g/mol. The molecule has 372 valence electrons. The van der Waals surface area contributed by atoms with Crippen LogP contribution in [0.4, 0.5) is 5.69 Å². The molecule has 1 atom stereocenters. The second kappa shape index (κ2) is 33.5. The summed E-state index contributed by atoms with van der Waals surface area (Å²) in [6.07, 6.45) is 11.0. The van der Waals surface area contributed by atoms with Crippen molar-refractivity contribution in [1.82, 2.24) is 20.4 Å². The van der Waals surface area contributed by atoms with E-state index >= 15 is 0 Å². The number of allylic oxidation sites excluding steroid dienone is 2. The maximum absolute atomic E-state index is 11.5. The molecule has 0 spiro atoms. The fourth-order valence-corrected chi connectivity index (χ4v) is 6.16. The number of aliphatic imine (C=N–C) groups is 1. The largest absolute Gasteiger partial charge is 1.00 e. The Hall–Kier alpha value is -5.02.